The third-order valence-electron chi connectivity index (χ3n) is 2.25. The number of hydrogen-bond donors (Lipinski definition) is 0. The van der Waals surface area contributed by atoms with Crippen LogP contribution in [0.4, 0.5) is 0 Å². The lowest BCUT2D eigenvalue weighted by molar-refractivity contribution is -0.132. The molecule has 0 atom stereocenters. The molecule has 1 aliphatic heterocycles. The molecule has 5 nitrogen and oxygen atoms in total. The van der Waals surface area contributed by atoms with Crippen LogP contribution in [0.3, 0.4) is 0 Å². The SMILES string of the molecule is CSc1nnc(SCC(=O)N2CCOCC2)s1. The van der Waals surface area contributed by atoms with Crippen molar-refractivity contribution in [3.8, 4) is 0 Å². The van der Waals surface area contributed by atoms with Crippen LogP contribution in [0.25, 0.3) is 0 Å². The zero-order valence-corrected chi connectivity index (χ0v) is 11.9. The highest BCUT2D eigenvalue weighted by Gasteiger charge is 2.17. The maximum Gasteiger partial charge on any atom is 0.233 e. The smallest absolute Gasteiger partial charge is 0.233 e. The summed E-state index contributed by atoms with van der Waals surface area (Å²) in [5.74, 6) is 0.586. The van der Waals surface area contributed by atoms with Crippen molar-refractivity contribution in [2.24, 2.45) is 0 Å². The zero-order valence-electron chi connectivity index (χ0n) is 9.42. The van der Waals surface area contributed by atoms with Crippen molar-refractivity contribution in [1.29, 1.82) is 0 Å². The second kappa shape index (κ2) is 6.58. The first-order valence-electron chi connectivity index (χ1n) is 5.15. The lowest BCUT2D eigenvalue weighted by atomic mass is 10.4. The monoisotopic (exact) mass is 291 g/mol. The molecule has 0 bridgehead atoms. The summed E-state index contributed by atoms with van der Waals surface area (Å²) in [5.41, 5.74) is 0. The van der Waals surface area contributed by atoms with Gasteiger partial charge in [-0.2, -0.15) is 0 Å². The minimum absolute atomic E-state index is 0.152. The number of ether oxygens (including phenoxy) is 1. The van der Waals surface area contributed by atoms with E-state index in [0.717, 1.165) is 8.68 Å². The summed E-state index contributed by atoms with van der Waals surface area (Å²) in [6.07, 6.45) is 1.97. The van der Waals surface area contributed by atoms with Crippen molar-refractivity contribution < 1.29 is 9.53 Å². The topological polar surface area (TPSA) is 55.3 Å². The van der Waals surface area contributed by atoms with Crippen molar-refractivity contribution in [3.63, 3.8) is 0 Å². The van der Waals surface area contributed by atoms with Crippen LogP contribution in [-0.2, 0) is 9.53 Å². The molecular weight excluding hydrogens is 278 g/mol. The number of morpholine rings is 1. The van der Waals surface area contributed by atoms with Crippen LogP contribution >= 0.6 is 34.9 Å². The second-order valence-electron chi connectivity index (χ2n) is 3.32. The summed E-state index contributed by atoms with van der Waals surface area (Å²) in [6.45, 7) is 2.69. The third-order valence-corrected chi connectivity index (χ3v) is 5.26. The van der Waals surface area contributed by atoms with E-state index in [1.807, 2.05) is 11.2 Å². The van der Waals surface area contributed by atoms with Gasteiger partial charge in [-0.1, -0.05) is 34.9 Å². The Balaban J connectivity index is 1.78. The molecule has 1 saturated heterocycles. The van der Waals surface area contributed by atoms with Gasteiger partial charge in [-0.25, -0.2) is 0 Å². The van der Waals surface area contributed by atoms with Gasteiger partial charge in [0, 0.05) is 13.1 Å². The molecule has 0 radical (unpaired) electrons. The number of thioether (sulfide) groups is 2. The summed E-state index contributed by atoms with van der Waals surface area (Å²) in [5, 5.41) is 8.01. The molecule has 94 valence electrons. The second-order valence-corrected chi connectivity index (χ2v) is 6.57. The Labute approximate surface area is 112 Å². The van der Waals surface area contributed by atoms with Gasteiger partial charge in [0.05, 0.1) is 19.0 Å². The Kier molecular flexibility index (Phi) is 5.08. The van der Waals surface area contributed by atoms with Crippen molar-refractivity contribution in [3.05, 3.63) is 0 Å². The van der Waals surface area contributed by atoms with E-state index in [0.29, 0.717) is 32.1 Å². The number of aromatic nitrogens is 2. The standard InChI is InChI=1S/C9H13N3O2S3/c1-15-8-10-11-9(17-8)16-6-7(13)12-2-4-14-5-3-12/h2-6H2,1H3. The molecule has 2 rings (SSSR count). The molecule has 17 heavy (non-hydrogen) atoms. The fourth-order valence-corrected chi connectivity index (χ4v) is 3.71. The Hall–Kier alpha value is -0.310. The highest BCUT2D eigenvalue weighted by Crippen LogP contribution is 2.27. The Morgan fingerprint density at radius 2 is 2.12 bits per heavy atom. The first-order valence-corrected chi connectivity index (χ1v) is 8.18. The van der Waals surface area contributed by atoms with E-state index in [4.69, 9.17) is 4.74 Å². The molecule has 1 fully saturated rings. The van der Waals surface area contributed by atoms with E-state index in [-0.39, 0.29) is 5.91 Å². The minimum atomic E-state index is 0.152. The van der Waals surface area contributed by atoms with E-state index in [1.165, 1.54) is 23.1 Å². The fraction of sp³-hybridized carbons (Fsp3) is 0.667. The Bertz CT molecular complexity index is 379. The van der Waals surface area contributed by atoms with Crippen LogP contribution in [0.1, 0.15) is 0 Å². The molecule has 0 saturated carbocycles. The van der Waals surface area contributed by atoms with Gasteiger partial charge in [0.2, 0.25) is 5.91 Å². The van der Waals surface area contributed by atoms with Crippen LogP contribution in [-0.4, -0.2) is 59.3 Å². The number of amides is 1. The van der Waals surface area contributed by atoms with Gasteiger partial charge in [0.25, 0.3) is 0 Å². The van der Waals surface area contributed by atoms with E-state index < -0.39 is 0 Å². The molecular formula is C9H13N3O2S3. The third kappa shape index (κ3) is 3.84. The molecule has 0 aromatic carbocycles. The quantitative estimate of drug-likeness (QED) is 0.777. The van der Waals surface area contributed by atoms with E-state index in [2.05, 4.69) is 10.2 Å². The van der Waals surface area contributed by atoms with Crippen LogP contribution in [0, 0.1) is 0 Å². The van der Waals surface area contributed by atoms with Crippen LogP contribution in [0.2, 0.25) is 0 Å². The summed E-state index contributed by atoms with van der Waals surface area (Å²) in [7, 11) is 0. The predicted octanol–water partition coefficient (Wildman–Crippen LogP) is 1.21. The molecule has 1 aromatic rings. The molecule has 0 unspecified atom stereocenters. The lowest BCUT2D eigenvalue weighted by Gasteiger charge is -2.26. The van der Waals surface area contributed by atoms with Gasteiger partial charge in [0.1, 0.15) is 0 Å². The molecule has 8 heteroatoms. The molecule has 0 aliphatic carbocycles. The average Bonchev–Trinajstić information content (AvgIpc) is 2.85. The minimum Gasteiger partial charge on any atom is -0.378 e. The Morgan fingerprint density at radius 1 is 1.41 bits per heavy atom. The van der Waals surface area contributed by atoms with Gasteiger partial charge in [-0.15, -0.1) is 10.2 Å². The van der Waals surface area contributed by atoms with Crippen molar-refractivity contribution in [2.75, 3.05) is 38.3 Å². The summed E-state index contributed by atoms with van der Waals surface area (Å²) >= 11 is 4.56. The van der Waals surface area contributed by atoms with Crippen LogP contribution in [0.15, 0.2) is 8.68 Å². The fourth-order valence-electron chi connectivity index (χ4n) is 1.37. The largest absolute Gasteiger partial charge is 0.378 e. The Morgan fingerprint density at radius 3 is 2.76 bits per heavy atom. The van der Waals surface area contributed by atoms with Gasteiger partial charge in [-0.05, 0) is 6.26 Å². The van der Waals surface area contributed by atoms with E-state index >= 15 is 0 Å². The van der Waals surface area contributed by atoms with E-state index in [9.17, 15) is 4.79 Å². The first kappa shape index (κ1) is 13.1. The predicted molar refractivity (Wildman–Crippen MR) is 69.8 cm³/mol. The van der Waals surface area contributed by atoms with Crippen LogP contribution < -0.4 is 0 Å². The molecule has 2 heterocycles. The highest BCUT2D eigenvalue weighted by atomic mass is 32.2. The van der Waals surface area contributed by atoms with E-state index in [1.54, 1.807) is 11.8 Å². The molecule has 1 aliphatic rings. The number of carbonyl (C=O) groups is 1. The van der Waals surface area contributed by atoms with Crippen molar-refractivity contribution in [2.45, 2.75) is 8.68 Å². The van der Waals surface area contributed by atoms with Gasteiger partial charge in [-0.3, -0.25) is 4.79 Å². The van der Waals surface area contributed by atoms with Gasteiger partial charge in [0.15, 0.2) is 8.68 Å². The number of hydrogen-bond acceptors (Lipinski definition) is 7. The van der Waals surface area contributed by atoms with Crippen LogP contribution in [0.5, 0.6) is 0 Å². The molecule has 0 spiro atoms. The first-order chi connectivity index (χ1) is 8.29. The molecule has 1 amide bonds. The zero-order chi connectivity index (χ0) is 12.1. The lowest BCUT2D eigenvalue weighted by Crippen LogP contribution is -2.41. The number of carbonyl (C=O) groups excluding carboxylic acids is 1. The number of nitrogens with zero attached hydrogens (tertiary/aromatic N) is 3. The summed E-state index contributed by atoms with van der Waals surface area (Å²) in [6, 6.07) is 0. The van der Waals surface area contributed by atoms with Crippen molar-refractivity contribution in [1.82, 2.24) is 15.1 Å². The normalized spacial score (nSPS) is 16.2. The molecule has 1 aromatic heterocycles. The maximum absolute atomic E-state index is 11.8. The summed E-state index contributed by atoms with van der Waals surface area (Å²) < 4.78 is 7.00. The summed E-state index contributed by atoms with van der Waals surface area (Å²) in [4.78, 5) is 13.7. The highest BCUT2D eigenvalue weighted by molar-refractivity contribution is 8.03. The van der Waals surface area contributed by atoms with Gasteiger partial charge >= 0.3 is 0 Å². The molecule has 0 N–H and O–H groups in total. The average molecular weight is 291 g/mol. The maximum atomic E-state index is 11.8. The van der Waals surface area contributed by atoms with Gasteiger partial charge < -0.3 is 9.64 Å². The van der Waals surface area contributed by atoms with Crippen molar-refractivity contribution >= 4 is 40.8 Å². The number of rotatable bonds is 4.